The number of amides is 1. The molecule has 102 valence electrons. The number of ether oxygens (including phenoxy) is 1. The Hall–Kier alpha value is -1.75. The summed E-state index contributed by atoms with van der Waals surface area (Å²) in [5.74, 6) is 0.0394. The highest BCUT2D eigenvalue weighted by Crippen LogP contribution is 2.25. The Kier molecular flexibility index (Phi) is 3.55. The summed E-state index contributed by atoms with van der Waals surface area (Å²) in [6.45, 7) is 2.04. The molecule has 1 aromatic rings. The van der Waals surface area contributed by atoms with E-state index in [9.17, 15) is 4.79 Å². The van der Waals surface area contributed by atoms with Gasteiger partial charge in [-0.05, 0) is 25.0 Å². The van der Waals surface area contributed by atoms with Crippen molar-refractivity contribution in [1.29, 1.82) is 0 Å². The number of anilines is 2. The first-order chi connectivity index (χ1) is 9.33. The van der Waals surface area contributed by atoms with Gasteiger partial charge in [-0.25, -0.2) is 0 Å². The summed E-state index contributed by atoms with van der Waals surface area (Å²) < 4.78 is 5.38. The Morgan fingerprint density at radius 1 is 1.32 bits per heavy atom. The summed E-state index contributed by atoms with van der Waals surface area (Å²) in [4.78, 5) is 12.2. The van der Waals surface area contributed by atoms with E-state index in [0.717, 1.165) is 30.8 Å². The minimum absolute atomic E-state index is 0.0394. The topological polar surface area (TPSA) is 62.4 Å². The van der Waals surface area contributed by atoms with Crippen LogP contribution in [-0.4, -0.2) is 37.7 Å². The van der Waals surface area contributed by atoms with Crippen LogP contribution in [0.5, 0.6) is 0 Å². The first-order valence-corrected chi connectivity index (χ1v) is 6.80. The molecule has 0 bridgehead atoms. The van der Waals surface area contributed by atoms with Crippen LogP contribution in [0, 0.1) is 0 Å². The van der Waals surface area contributed by atoms with E-state index in [0.29, 0.717) is 13.2 Å². The highest BCUT2D eigenvalue weighted by molar-refractivity contribution is 5.88. The van der Waals surface area contributed by atoms with Crippen molar-refractivity contribution >= 4 is 17.3 Å². The fourth-order valence-corrected chi connectivity index (χ4v) is 2.53. The Labute approximate surface area is 112 Å². The lowest BCUT2D eigenvalue weighted by Crippen LogP contribution is -2.51. The standard InChI is InChI=1S/C14H19N3O2/c18-14(16-10-4-3-7-19-9-10)13-8-15-11-5-1-2-6-12(11)17-13/h1-2,5-6,10,13,15,17H,3-4,7-9H2,(H,16,18). The van der Waals surface area contributed by atoms with Crippen LogP contribution in [0.2, 0.25) is 0 Å². The molecule has 19 heavy (non-hydrogen) atoms. The van der Waals surface area contributed by atoms with Crippen LogP contribution in [0.15, 0.2) is 24.3 Å². The van der Waals surface area contributed by atoms with E-state index in [1.54, 1.807) is 0 Å². The Morgan fingerprint density at radius 3 is 2.95 bits per heavy atom. The lowest BCUT2D eigenvalue weighted by atomic mass is 10.1. The molecule has 5 heteroatoms. The maximum atomic E-state index is 12.2. The van der Waals surface area contributed by atoms with Crippen LogP contribution in [0.3, 0.4) is 0 Å². The molecule has 0 saturated carbocycles. The van der Waals surface area contributed by atoms with Gasteiger partial charge in [-0.1, -0.05) is 12.1 Å². The molecule has 1 fully saturated rings. The smallest absolute Gasteiger partial charge is 0.244 e. The third-order valence-electron chi connectivity index (χ3n) is 3.58. The van der Waals surface area contributed by atoms with Gasteiger partial charge in [-0.15, -0.1) is 0 Å². The second kappa shape index (κ2) is 5.48. The van der Waals surface area contributed by atoms with E-state index >= 15 is 0 Å². The SMILES string of the molecule is O=C(NC1CCCOC1)C1CNc2ccccc2N1. The average Bonchev–Trinajstić information content (AvgIpc) is 2.48. The largest absolute Gasteiger partial charge is 0.381 e. The van der Waals surface area contributed by atoms with Gasteiger partial charge >= 0.3 is 0 Å². The van der Waals surface area contributed by atoms with E-state index in [2.05, 4.69) is 16.0 Å². The van der Waals surface area contributed by atoms with Gasteiger partial charge in [-0.3, -0.25) is 4.79 Å². The number of nitrogens with one attached hydrogen (secondary N) is 3. The quantitative estimate of drug-likeness (QED) is 0.748. The van der Waals surface area contributed by atoms with Gasteiger partial charge in [0.2, 0.25) is 5.91 Å². The molecule has 5 nitrogen and oxygen atoms in total. The van der Waals surface area contributed by atoms with Crippen LogP contribution in [-0.2, 0) is 9.53 Å². The van der Waals surface area contributed by atoms with Crippen LogP contribution < -0.4 is 16.0 Å². The number of benzene rings is 1. The van der Waals surface area contributed by atoms with Crippen molar-refractivity contribution in [2.45, 2.75) is 24.9 Å². The molecule has 0 spiro atoms. The molecule has 2 aliphatic heterocycles. The molecule has 0 aliphatic carbocycles. The van der Waals surface area contributed by atoms with Gasteiger partial charge < -0.3 is 20.7 Å². The van der Waals surface area contributed by atoms with E-state index in [1.807, 2.05) is 24.3 Å². The molecular weight excluding hydrogens is 242 g/mol. The minimum Gasteiger partial charge on any atom is -0.381 e. The van der Waals surface area contributed by atoms with Gasteiger partial charge in [0.25, 0.3) is 0 Å². The molecule has 2 aliphatic rings. The van der Waals surface area contributed by atoms with Crippen LogP contribution in [0.1, 0.15) is 12.8 Å². The molecule has 1 aromatic carbocycles. The number of rotatable bonds is 2. The van der Waals surface area contributed by atoms with Crippen LogP contribution >= 0.6 is 0 Å². The molecule has 2 unspecified atom stereocenters. The molecule has 2 heterocycles. The maximum Gasteiger partial charge on any atom is 0.244 e. The van der Waals surface area contributed by atoms with Gasteiger partial charge in [0.05, 0.1) is 24.0 Å². The van der Waals surface area contributed by atoms with Crippen molar-refractivity contribution in [3.05, 3.63) is 24.3 Å². The summed E-state index contributed by atoms with van der Waals surface area (Å²) >= 11 is 0. The van der Waals surface area contributed by atoms with Crippen LogP contribution in [0.4, 0.5) is 11.4 Å². The number of hydrogen-bond donors (Lipinski definition) is 3. The van der Waals surface area contributed by atoms with Gasteiger partial charge in [0, 0.05) is 13.2 Å². The summed E-state index contributed by atoms with van der Waals surface area (Å²) in [5, 5.41) is 9.60. The highest BCUT2D eigenvalue weighted by Gasteiger charge is 2.25. The summed E-state index contributed by atoms with van der Waals surface area (Å²) in [6.07, 6.45) is 2.02. The highest BCUT2D eigenvalue weighted by atomic mass is 16.5. The fourth-order valence-electron chi connectivity index (χ4n) is 2.53. The van der Waals surface area contributed by atoms with Gasteiger partial charge in [0.15, 0.2) is 0 Å². The van der Waals surface area contributed by atoms with E-state index in [-0.39, 0.29) is 18.0 Å². The third-order valence-corrected chi connectivity index (χ3v) is 3.58. The van der Waals surface area contributed by atoms with Crippen molar-refractivity contribution in [3.8, 4) is 0 Å². The lowest BCUT2D eigenvalue weighted by molar-refractivity contribution is -0.123. The zero-order valence-electron chi connectivity index (χ0n) is 10.8. The van der Waals surface area contributed by atoms with Crippen molar-refractivity contribution in [1.82, 2.24) is 5.32 Å². The van der Waals surface area contributed by atoms with E-state index in [1.165, 1.54) is 0 Å². The predicted octanol–water partition coefficient (Wildman–Crippen LogP) is 1.19. The minimum atomic E-state index is -0.225. The Bertz CT molecular complexity index is 458. The number of carbonyl (C=O) groups is 1. The number of carbonyl (C=O) groups excluding carboxylic acids is 1. The normalized spacial score (nSPS) is 25.7. The second-order valence-corrected chi connectivity index (χ2v) is 5.05. The molecule has 3 rings (SSSR count). The first kappa shape index (κ1) is 12.3. The average molecular weight is 261 g/mol. The summed E-state index contributed by atoms with van der Waals surface area (Å²) in [5.41, 5.74) is 2.03. The van der Waals surface area contributed by atoms with Crippen molar-refractivity contribution in [2.75, 3.05) is 30.4 Å². The summed E-state index contributed by atoms with van der Waals surface area (Å²) in [7, 11) is 0. The first-order valence-electron chi connectivity index (χ1n) is 6.80. The van der Waals surface area contributed by atoms with Crippen LogP contribution in [0.25, 0.3) is 0 Å². The molecule has 1 amide bonds. The van der Waals surface area contributed by atoms with Crippen molar-refractivity contribution < 1.29 is 9.53 Å². The van der Waals surface area contributed by atoms with Crippen molar-refractivity contribution in [2.24, 2.45) is 0 Å². The number of fused-ring (bicyclic) bond motifs is 1. The molecule has 0 aromatic heterocycles. The molecule has 0 radical (unpaired) electrons. The zero-order valence-corrected chi connectivity index (χ0v) is 10.8. The van der Waals surface area contributed by atoms with E-state index < -0.39 is 0 Å². The fraction of sp³-hybridized carbons (Fsp3) is 0.500. The van der Waals surface area contributed by atoms with Crippen molar-refractivity contribution in [3.63, 3.8) is 0 Å². The molecular formula is C14H19N3O2. The number of para-hydroxylation sites is 2. The molecule has 2 atom stereocenters. The van der Waals surface area contributed by atoms with Gasteiger partial charge in [-0.2, -0.15) is 0 Å². The Balaban J connectivity index is 1.59. The maximum absolute atomic E-state index is 12.2. The molecule has 3 N–H and O–H groups in total. The van der Waals surface area contributed by atoms with Gasteiger partial charge in [0.1, 0.15) is 6.04 Å². The lowest BCUT2D eigenvalue weighted by Gasteiger charge is -2.30. The monoisotopic (exact) mass is 261 g/mol. The van der Waals surface area contributed by atoms with E-state index in [4.69, 9.17) is 4.74 Å². The number of hydrogen-bond acceptors (Lipinski definition) is 4. The zero-order chi connectivity index (χ0) is 13.1. The third kappa shape index (κ3) is 2.81. The predicted molar refractivity (Wildman–Crippen MR) is 74.3 cm³/mol. The summed E-state index contributed by atoms with van der Waals surface area (Å²) in [6, 6.07) is 7.85. The molecule has 1 saturated heterocycles. The second-order valence-electron chi connectivity index (χ2n) is 5.05. The Morgan fingerprint density at radius 2 is 2.16 bits per heavy atom.